The van der Waals surface area contributed by atoms with E-state index in [-0.39, 0.29) is 0 Å². The monoisotopic (exact) mass is 307 g/mol. The van der Waals surface area contributed by atoms with Gasteiger partial charge < -0.3 is 10.1 Å². The van der Waals surface area contributed by atoms with Crippen molar-refractivity contribution in [2.75, 3.05) is 7.11 Å². The van der Waals surface area contributed by atoms with E-state index in [9.17, 15) is 0 Å². The molecule has 4 heteroatoms. The Bertz CT molecular complexity index is 596. The number of thiophene rings is 1. The van der Waals surface area contributed by atoms with Gasteiger partial charge in [-0.1, -0.05) is 17.7 Å². The number of fused-ring (bicyclic) bond motifs is 1. The molecule has 3 rings (SSSR count). The minimum atomic E-state index is 0.412. The first-order valence-electron chi connectivity index (χ1n) is 6.90. The quantitative estimate of drug-likeness (QED) is 0.893. The van der Waals surface area contributed by atoms with E-state index in [1.165, 1.54) is 35.3 Å². The Labute approximate surface area is 128 Å². The Balaban J connectivity index is 1.75. The van der Waals surface area contributed by atoms with Gasteiger partial charge >= 0.3 is 0 Å². The molecule has 0 fully saturated rings. The van der Waals surface area contributed by atoms with Crippen LogP contribution in [0.2, 0.25) is 4.34 Å². The molecule has 0 bridgehead atoms. The second kappa shape index (κ2) is 6.17. The number of rotatable bonds is 4. The van der Waals surface area contributed by atoms with Crippen molar-refractivity contribution in [3.63, 3.8) is 0 Å². The van der Waals surface area contributed by atoms with Crippen LogP contribution in [0.1, 0.15) is 34.9 Å². The van der Waals surface area contributed by atoms with Crippen LogP contribution >= 0.6 is 22.9 Å². The standard InChI is InChI=1S/C16H18ClNOS/c1-19-12-6-5-11-3-2-4-15(14(11)9-12)18-10-13-7-8-16(17)20-13/h5-9,15,18H,2-4,10H2,1H3. The minimum Gasteiger partial charge on any atom is -0.497 e. The average Bonchev–Trinajstić information content (AvgIpc) is 2.90. The van der Waals surface area contributed by atoms with Gasteiger partial charge in [-0.2, -0.15) is 0 Å². The lowest BCUT2D eigenvalue weighted by Gasteiger charge is -2.27. The van der Waals surface area contributed by atoms with E-state index in [1.807, 2.05) is 6.07 Å². The third-order valence-corrected chi connectivity index (χ3v) is 5.05. The molecule has 106 valence electrons. The second-order valence-electron chi connectivity index (χ2n) is 5.10. The number of ether oxygens (including phenoxy) is 1. The highest BCUT2D eigenvalue weighted by Crippen LogP contribution is 2.33. The number of nitrogens with one attached hydrogen (secondary N) is 1. The lowest BCUT2D eigenvalue weighted by Crippen LogP contribution is -2.24. The molecule has 0 saturated heterocycles. The predicted octanol–water partition coefficient (Wildman–Crippen LogP) is 4.58. The number of hydrogen-bond donors (Lipinski definition) is 1. The highest BCUT2D eigenvalue weighted by atomic mass is 35.5. The first-order valence-corrected chi connectivity index (χ1v) is 8.10. The fourth-order valence-electron chi connectivity index (χ4n) is 2.79. The molecule has 2 aromatic rings. The van der Waals surface area contributed by atoms with Gasteiger partial charge in [0.25, 0.3) is 0 Å². The van der Waals surface area contributed by atoms with Crippen molar-refractivity contribution in [1.29, 1.82) is 0 Å². The number of halogens is 1. The normalized spacial score (nSPS) is 17.8. The van der Waals surface area contributed by atoms with E-state index in [0.717, 1.165) is 16.6 Å². The summed E-state index contributed by atoms with van der Waals surface area (Å²) in [5.74, 6) is 0.941. The Morgan fingerprint density at radius 1 is 1.35 bits per heavy atom. The van der Waals surface area contributed by atoms with Crippen LogP contribution in [0.25, 0.3) is 0 Å². The van der Waals surface area contributed by atoms with E-state index < -0.39 is 0 Å². The summed E-state index contributed by atoms with van der Waals surface area (Å²) in [5.41, 5.74) is 2.83. The fourth-order valence-corrected chi connectivity index (χ4v) is 3.83. The minimum absolute atomic E-state index is 0.412. The summed E-state index contributed by atoms with van der Waals surface area (Å²) in [6.45, 7) is 0.874. The molecule has 0 saturated carbocycles. The zero-order valence-electron chi connectivity index (χ0n) is 11.5. The van der Waals surface area contributed by atoms with Crippen LogP contribution in [0.15, 0.2) is 30.3 Å². The fraction of sp³-hybridized carbons (Fsp3) is 0.375. The summed E-state index contributed by atoms with van der Waals surface area (Å²) in [6, 6.07) is 10.9. The van der Waals surface area contributed by atoms with Crippen molar-refractivity contribution in [3.05, 3.63) is 50.7 Å². The number of benzene rings is 1. The number of aryl methyl sites for hydroxylation is 1. The van der Waals surface area contributed by atoms with Crippen LogP contribution in [0.5, 0.6) is 5.75 Å². The van der Waals surface area contributed by atoms with Crippen molar-refractivity contribution in [3.8, 4) is 5.75 Å². The van der Waals surface area contributed by atoms with Crippen molar-refractivity contribution >= 4 is 22.9 Å². The maximum atomic E-state index is 5.98. The average molecular weight is 308 g/mol. The van der Waals surface area contributed by atoms with Crippen LogP contribution < -0.4 is 10.1 Å². The predicted molar refractivity (Wildman–Crippen MR) is 84.8 cm³/mol. The Hall–Kier alpha value is -1.03. The Morgan fingerprint density at radius 3 is 3.00 bits per heavy atom. The molecule has 0 amide bonds. The molecule has 1 aliphatic rings. The van der Waals surface area contributed by atoms with Crippen LogP contribution in [-0.4, -0.2) is 7.11 Å². The topological polar surface area (TPSA) is 21.3 Å². The Morgan fingerprint density at radius 2 is 2.25 bits per heavy atom. The molecule has 0 radical (unpaired) electrons. The van der Waals surface area contributed by atoms with Gasteiger partial charge in [0.05, 0.1) is 11.4 Å². The van der Waals surface area contributed by atoms with Gasteiger partial charge in [-0.3, -0.25) is 0 Å². The second-order valence-corrected chi connectivity index (χ2v) is 6.90. The molecular formula is C16H18ClNOS. The number of hydrogen-bond acceptors (Lipinski definition) is 3. The van der Waals surface area contributed by atoms with E-state index in [4.69, 9.17) is 16.3 Å². The molecule has 1 atom stereocenters. The van der Waals surface area contributed by atoms with Gasteiger partial charge in [-0.15, -0.1) is 11.3 Å². The van der Waals surface area contributed by atoms with Crippen LogP contribution in [-0.2, 0) is 13.0 Å². The van der Waals surface area contributed by atoms with Gasteiger partial charge in [-0.05, 0) is 54.7 Å². The summed E-state index contributed by atoms with van der Waals surface area (Å²) < 4.78 is 6.21. The molecule has 1 N–H and O–H groups in total. The lowest BCUT2D eigenvalue weighted by molar-refractivity contribution is 0.408. The SMILES string of the molecule is COc1ccc2c(c1)C(NCc1ccc(Cl)s1)CCC2. The van der Waals surface area contributed by atoms with Crippen LogP contribution in [0.3, 0.4) is 0 Å². The highest BCUT2D eigenvalue weighted by Gasteiger charge is 2.20. The molecule has 1 aliphatic carbocycles. The zero-order chi connectivity index (χ0) is 13.9. The van der Waals surface area contributed by atoms with Crippen molar-refractivity contribution < 1.29 is 4.74 Å². The summed E-state index contributed by atoms with van der Waals surface area (Å²) >= 11 is 7.62. The molecule has 20 heavy (non-hydrogen) atoms. The van der Waals surface area contributed by atoms with E-state index in [1.54, 1.807) is 18.4 Å². The molecule has 0 aliphatic heterocycles. The van der Waals surface area contributed by atoms with Crippen molar-refractivity contribution in [2.45, 2.75) is 31.8 Å². The smallest absolute Gasteiger partial charge is 0.119 e. The van der Waals surface area contributed by atoms with Crippen LogP contribution in [0.4, 0.5) is 0 Å². The van der Waals surface area contributed by atoms with Gasteiger partial charge in [0, 0.05) is 17.5 Å². The molecule has 0 spiro atoms. The molecule has 1 heterocycles. The molecular weight excluding hydrogens is 290 g/mol. The first-order chi connectivity index (χ1) is 9.76. The summed E-state index contributed by atoms with van der Waals surface area (Å²) in [6.07, 6.45) is 3.59. The lowest BCUT2D eigenvalue weighted by atomic mass is 9.87. The third kappa shape index (κ3) is 3.00. The van der Waals surface area contributed by atoms with Gasteiger partial charge in [-0.25, -0.2) is 0 Å². The van der Waals surface area contributed by atoms with E-state index in [0.29, 0.717) is 6.04 Å². The highest BCUT2D eigenvalue weighted by molar-refractivity contribution is 7.16. The van der Waals surface area contributed by atoms with E-state index >= 15 is 0 Å². The van der Waals surface area contributed by atoms with E-state index in [2.05, 4.69) is 29.6 Å². The molecule has 1 unspecified atom stereocenters. The van der Waals surface area contributed by atoms with Gasteiger partial charge in [0.1, 0.15) is 5.75 Å². The zero-order valence-corrected chi connectivity index (χ0v) is 13.1. The van der Waals surface area contributed by atoms with Gasteiger partial charge in [0.2, 0.25) is 0 Å². The number of methoxy groups -OCH3 is 1. The summed E-state index contributed by atoms with van der Waals surface area (Å²) in [4.78, 5) is 1.28. The summed E-state index contributed by atoms with van der Waals surface area (Å²) in [7, 11) is 1.72. The van der Waals surface area contributed by atoms with Crippen LogP contribution in [0, 0.1) is 0 Å². The van der Waals surface area contributed by atoms with Crippen molar-refractivity contribution in [2.24, 2.45) is 0 Å². The molecule has 2 nitrogen and oxygen atoms in total. The Kier molecular flexibility index (Phi) is 4.29. The third-order valence-electron chi connectivity index (χ3n) is 3.82. The van der Waals surface area contributed by atoms with Gasteiger partial charge in [0.15, 0.2) is 0 Å². The summed E-state index contributed by atoms with van der Waals surface area (Å²) in [5, 5.41) is 3.65. The first kappa shape index (κ1) is 13.9. The largest absolute Gasteiger partial charge is 0.497 e. The molecule has 1 aromatic heterocycles. The van der Waals surface area contributed by atoms with Crippen molar-refractivity contribution in [1.82, 2.24) is 5.32 Å². The maximum absolute atomic E-state index is 5.98. The molecule has 1 aromatic carbocycles. The maximum Gasteiger partial charge on any atom is 0.119 e.